The summed E-state index contributed by atoms with van der Waals surface area (Å²) in [5.74, 6) is -0.241. The molecule has 0 spiro atoms. The van der Waals surface area contributed by atoms with E-state index >= 15 is 0 Å². The topological polar surface area (TPSA) is 60.7 Å². The summed E-state index contributed by atoms with van der Waals surface area (Å²) in [4.78, 5) is 13.6. The lowest BCUT2D eigenvalue weighted by molar-refractivity contribution is 0.00269. The van der Waals surface area contributed by atoms with Crippen LogP contribution in [-0.2, 0) is 15.9 Å². The Morgan fingerprint density at radius 1 is 1.15 bits per heavy atom. The summed E-state index contributed by atoms with van der Waals surface area (Å²) in [5.41, 5.74) is 1.48. The van der Waals surface area contributed by atoms with E-state index in [2.05, 4.69) is 68.1 Å². The molecule has 0 radical (unpaired) electrons. The van der Waals surface area contributed by atoms with Crippen LogP contribution in [0.2, 0.25) is 42.3 Å². The van der Waals surface area contributed by atoms with E-state index in [4.69, 9.17) is 9.16 Å². The molecule has 0 aromatic carbocycles. The zero-order valence-electron chi connectivity index (χ0n) is 23.3. The second kappa shape index (κ2) is 11.4. The number of aromatic nitrogens is 1. The van der Waals surface area contributed by atoms with Gasteiger partial charge in [0.05, 0.1) is 11.8 Å². The minimum atomic E-state index is -2.15. The Morgan fingerprint density at radius 3 is 2.26 bits per heavy atom. The Bertz CT molecular complexity index is 831. The smallest absolute Gasteiger partial charge is 0.211 e. The summed E-state index contributed by atoms with van der Waals surface area (Å²) in [5, 5.41) is 11.6. The van der Waals surface area contributed by atoms with Crippen LogP contribution < -0.4 is 0 Å². The van der Waals surface area contributed by atoms with Crippen LogP contribution in [0.3, 0.4) is 0 Å². The first-order valence-electron chi connectivity index (χ1n) is 13.0. The van der Waals surface area contributed by atoms with Gasteiger partial charge in [-0.15, -0.1) is 0 Å². The number of ether oxygens (including phenoxy) is 1. The van der Waals surface area contributed by atoms with Gasteiger partial charge < -0.3 is 18.8 Å². The molecular formula is C27H49NO4Si2. The van der Waals surface area contributed by atoms with Crippen LogP contribution in [0.15, 0.2) is 30.0 Å². The highest BCUT2D eigenvalue weighted by molar-refractivity contribution is 6.77. The zero-order valence-corrected chi connectivity index (χ0v) is 25.3. The number of hydrogen-bond donors (Lipinski definition) is 1. The van der Waals surface area contributed by atoms with Crippen molar-refractivity contribution >= 4 is 22.2 Å². The molecule has 1 aromatic heterocycles. The highest BCUT2D eigenvalue weighted by Gasteiger charge is 2.50. The third-order valence-electron chi connectivity index (χ3n) is 7.56. The number of carbonyl (C=O) groups is 1. The molecule has 0 saturated heterocycles. The molecule has 0 unspecified atom stereocenters. The van der Waals surface area contributed by atoms with E-state index in [-0.39, 0.29) is 11.9 Å². The summed E-state index contributed by atoms with van der Waals surface area (Å²) in [7, 11) is -3.32. The van der Waals surface area contributed by atoms with E-state index in [0.29, 0.717) is 48.5 Å². The largest absolute Gasteiger partial charge is 0.409 e. The molecule has 7 heteroatoms. The number of ketones is 1. The predicted octanol–water partition coefficient (Wildman–Crippen LogP) is 7.02. The lowest BCUT2D eigenvalue weighted by atomic mass is 9.80. The Labute approximate surface area is 210 Å². The SMILES string of the molecule is CC1=CC[C@](O)(C(=O)c2cccn2COCC[Si](C)(C)C)C[C@H]1O[Si](C(C)C)(C(C)C)C(C)C. The van der Waals surface area contributed by atoms with Crippen molar-refractivity contribution < 1.29 is 19.1 Å². The number of hydrogen-bond acceptors (Lipinski definition) is 4. The molecule has 0 amide bonds. The molecule has 0 aliphatic heterocycles. The number of aliphatic hydroxyl groups is 1. The summed E-state index contributed by atoms with van der Waals surface area (Å²) in [6.45, 7) is 23.6. The van der Waals surface area contributed by atoms with Crippen LogP contribution in [-0.4, -0.2) is 50.2 Å². The minimum Gasteiger partial charge on any atom is -0.409 e. The summed E-state index contributed by atoms with van der Waals surface area (Å²) in [6, 6.07) is 4.72. The molecule has 1 heterocycles. The van der Waals surface area contributed by atoms with E-state index in [0.717, 1.165) is 11.6 Å². The molecule has 194 valence electrons. The third kappa shape index (κ3) is 6.61. The van der Waals surface area contributed by atoms with Crippen LogP contribution >= 0.6 is 0 Å². The molecule has 1 N–H and O–H groups in total. The molecule has 1 aliphatic rings. The van der Waals surface area contributed by atoms with Crippen LogP contribution in [0.25, 0.3) is 0 Å². The highest BCUT2D eigenvalue weighted by atomic mass is 28.4. The lowest BCUT2D eigenvalue weighted by Crippen LogP contribution is -2.53. The van der Waals surface area contributed by atoms with Gasteiger partial charge in [0.15, 0.2) is 0 Å². The van der Waals surface area contributed by atoms with Gasteiger partial charge in [-0.1, -0.05) is 67.3 Å². The van der Waals surface area contributed by atoms with Gasteiger partial charge in [0.1, 0.15) is 12.3 Å². The number of rotatable bonds is 12. The van der Waals surface area contributed by atoms with Gasteiger partial charge in [-0.25, -0.2) is 0 Å². The van der Waals surface area contributed by atoms with Gasteiger partial charge in [-0.05, 0) is 47.3 Å². The van der Waals surface area contributed by atoms with Gasteiger partial charge in [0.2, 0.25) is 14.1 Å². The fourth-order valence-corrected chi connectivity index (χ4v) is 11.8. The molecule has 2 rings (SSSR count). The zero-order chi connectivity index (χ0) is 25.9. The Kier molecular flexibility index (Phi) is 9.78. The Hall–Kier alpha value is -0.996. The lowest BCUT2D eigenvalue weighted by Gasteiger charge is -2.47. The maximum atomic E-state index is 13.6. The van der Waals surface area contributed by atoms with E-state index in [1.165, 1.54) is 0 Å². The van der Waals surface area contributed by atoms with Gasteiger partial charge in [0.25, 0.3) is 0 Å². The molecule has 0 fully saturated rings. The van der Waals surface area contributed by atoms with E-state index in [9.17, 15) is 9.90 Å². The molecule has 0 bridgehead atoms. The van der Waals surface area contributed by atoms with E-state index in [1.54, 1.807) is 6.07 Å². The van der Waals surface area contributed by atoms with Crippen LogP contribution in [0, 0.1) is 0 Å². The average Bonchev–Trinajstić information content (AvgIpc) is 3.18. The molecule has 0 saturated carbocycles. The summed E-state index contributed by atoms with van der Waals surface area (Å²) in [6.07, 6.45) is 4.24. The third-order valence-corrected chi connectivity index (χ3v) is 15.4. The van der Waals surface area contributed by atoms with Crippen LogP contribution in [0.5, 0.6) is 0 Å². The molecule has 1 aromatic rings. The first-order chi connectivity index (χ1) is 15.6. The Morgan fingerprint density at radius 2 is 1.74 bits per heavy atom. The van der Waals surface area contributed by atoms with Crippen LogP contribution in [0.4, 0.5) is 0 Å². The Balaban J connectivity index is 2.22. The minimum absolute atomic E-state index is 0.238. The summed E-state index contributed by atoms with van der Waals surface area (Å²) >= 11 is 0. The predicted molar refractivity (Wildman–Crippen MR) is 147 cm³/mol. The van der Waals surface area contributed by atoms with E-state index in [1.807, 2.05) is 22.9 Å². The van der Waals surface area contributed by atoms with Crippen molar-refractivity contribution in [3.05, 3.63) is 35.7 Å². The second-order valence-corrected chi connectivity index (χ2v) is 23.4. The standard InChI is InChI=1S/C27H49NO4Si2/c1-20(2)34(21(3)4,22(5)6)32-25-18-27(30,14-13-23(25)7)26(29)24-12-11-15-28(24)19-31-16-17-33(8,9)10/h11-13,15,20-22,25,30H,14,16-19H2,1-10H3/t25-,27-/m1/s1. The second-order valence-electron chi connectivity index (χ2n) is 12.4. The number of carbonyl (C=O) groups excluding carboxylic acids is 1. The van der Waals surface area contributed by atoms with E-state index < -0.39 is 22.0 Å². The summed E-state index contributed by atoms with van der Waals surface area (Å²) < 4.78 is 14.7. The number of nitrogens with zero attached hydrogens (tertiary/aromatic N) is 1. The first kappa shape index (κ1) is 29.2. The quantitative estimate of drug-likeness (QED) is 0.143. The highest BCUT2D eigenvalue weighted by Crippen LogP contribution is 2.45. The van der Waals surface area contributed by atoms with Gasteiger partial charge in [-0.3, -0.25) is 4.79 Å². The maximum Gasteiger partial charge on any atom is 0.211 e. The van der Waals surface area contributed by atoms with Crippen molar-refractivity contribution in [3.63, 3.8) is 0 Å². The van der Waals surface area contributed by atoms with Crippen molar-refractivity contribution in [1.82, 2.24) is 4.57 Å². The molecule has 5 nitrogen and oxygen atoms in total. The average molecular weight is 508 g/mol. The maximum absolute atomic E-state index is 13.6. The van der Waals surface area contributed by atoms with Crippen molar-refractivity contribution in [1.29, 1.82) is 0 Å². The van der Waals surface area contributed by atoms with Gasteiger partial charge in [0, 0.05) is 33.7 Å². The van der Waals surface area contributed by atoms with Gasteiger partial charge >= 0.3 is 0 Å². The molecule has 1 aliphatic carbocycles. The normalized spacial score (nSPS) is 22.1. The van der Waals surface area contributed by atoms with Crippen molar-refractivity contribution in [2.45, 2.75) is 122 Å². The molecular weight excluding hydrogens is 458 g/mol. The van der Waals surface area contributed by atoms with Crippen molar-refractivity contribution in [2.75, 3.05) is 6.61 Å². The first-order valence-corrected chi connectivity index (χ1v) is 18.8. The monoisotopic (exact) mass is 507 g/mol. The van der Waals surface area contributed by atoms with Crippen LogP contribution in [0.1, 0.15) is 71.8 Å². The van der Waals surface area contributed by atoms with Crippen molar-refractivity contribution in [3.8, 4) is 0 Å². The van der Waals surface area contributed by atoms with Gasteiger partial charge in [-0.2, -0.15) is 0 Å². The van der Waals surface area contributed by atoms with Crippen molar-refractivity contribution in [2.24, 2.45) is 0 Å². The molecule has 34 heavy (non-hydrogen) atoms. The number of Topliss-reactive ketones (excluding diaryl/α,β-unsaturated/α-hetero) is 1. The fraction of sp³-hybridized carbons (Fsp3) is 0.741. The molecule has 2 atom stereocenters. The fourth-order valence-electron chi connectivity index (χ4n) is 5.50.